The van der Waals surface area contributed by atoms with Gasteiger partial charge < -0.3 is 25.4 Å². The van der Waals surface area contributed by atoms with Gasteiger partial charge >= 0.3 is 0 Å². The molecule has 9 heteroatoms. The van der Waals surface area contributed by atoms with Crippen molar-refractivity contribution in [2.75, 3.05) is 19.4 Å². The van der Waals surface area contributed by atoms with Crippen LogP contribution in [0.1, 0.15) is 23.9 Å². The van der Waals surface area contributed by atoms with E-state index in [0.29, 0.717) is 29.2 Å². The quantitative estimate of drug-likeness (QED) is 0.336. The third kappa shape index (κ3) is 3.04. The van der Waals surface area contributed by atoms with Crippen LogP contribution in [0, 0.1) is 23.2 Å². The average molecular weight is 469 g/mol. The number of fused-ring (bicyclic) bond motifs is 3. The second kappa shape index (κ2) is 7.77. The fourth-order valence-corrected chi connectivity index (χ4v) is 5.61. The summed E-state index contributed by atoms with van der Waals surface area (Å²) in [6, 6.07) is 13.5. The lowest BCUT2D eigenvalue weighted by Crippen LogP contribution is -2.41. The highest BCUT2D eigenvalue weighted by molar-refractivity contribution is 5.89. The number of amides is 1. The fourth-order valence-electron chi connectivity index (χ4n) is 5.61. The Morgan fingerprint density at radius 3 is 2.71 bits per heavy atom. The van der Waals surface area contributed by atoms with Crippen LogP contribution in [0.5, 0.6) is 0 Å². The monoisotopic (exact) mass is 468 g/mol. The lowest BCUT2D eigenvalue weighted by atomic mass is 9.98. The highest BCUT2D eigenvalue weighted by Gasteiger charge is 2.75. The first kappa shape index (κ1) is 21.5. The number of nitrogens with zero attached hydrogens (tertiary/aromatic N) is 4. The van der Waals surface area contributed by atoms with Crippen LogP contribution in [0.25, 0.3) is 21.9 Å². The molecule has 2 fully saturated rings. The summed E-state index contributed by atoms with van der Waals surface area (Å²) < 4.78 is 1.75. The molecule has 2 aliphatic rings. The van der Waals surface area contributed by atoms with Crippen molar-refractivity contribution in [3.8, 4) is 11.8 Å². The topological polar surface area (TPSA) is 125 Å². The molecule has 4 aromatic rings. The molecule has 35 heavy (non-hydrogen) atoms. The Kier molecular flexibility index (Phi) is 4.78. The summed E-state index contributed by atoms with van der Waals surface area (Å²) in [7, 11) is 3.28. The van der Waals surface area contributed by atoms with Gasteiger partial charge in [-0.2, -0.15) is 0 Å². The number of aliphatic hydroxyl groups is 2. The molecule has 9 nitrogen and oxygen atoms in total. The van der Waals surface area contributed by atoms with E-state index in [1.807, 2.05) is 42.5 Å². The van der Waals surface area contributed by atoms with Crippen molar-refractivity contribution in [1.29, 1.82) is 0 Å². The van der Waals surface area contributed by atoms with E-state index in [2.05, 4.69) is 37.4 Å². The largest absolute Gasteiger partial charge is 0.389 e. The maximum absolute atomic E-state index is 12.5. The SMILES string of the molecule is CNC(=O)[C@]12CC1[C@@H](n1cnc3c(NC)nc(C#Cc4cccc5ccccc45)nc31)C(O)[C@@H]2O. The first-order chi connectivity index (χ1) is 17.0. The van der Waals surface area contributed by atoms with Crippen molar-refractivity contribution in [3.05, 3.63) is 60.2 Å². The van der Waals surface area contributed by atoms with E-state index in [9.17, 15) is 15.0 Å². The van der Waals surface area contributed by atoms with Crippen molar-refractivity contribution >= 4 is 33.7 Å². The molecule has 0 radical (unpaired) electrons. The molecule has 2 aromatic carbocycles. The molecule has 2 heterocycles. The van der Waals surface area contributed by atoms with Gasteiger partial charge in [0.05, 0.1) is 23.9 Å². The fraction of sp³-hybridized carbons (Fsp3) is 0.308. The Hall–Kier alpha value is -4.00. The summed E-state index contributed by atoms with van der Waals surface area (Å²) >= 11 is 0. The van der Waals surface area contributed by atoms with Crippen LogP contribution in [-0.2, 0) is 4.79 Å². The summed E-state index contributed by atoms with van der Waals surface area (Å²) in [6.45, 7) is 0. The van der Waals surface area contributed by atoms with Crippen molar-refractivity contribution in [1.82, 2.24) is 24.8 Å². The van der Waals surface area contributed by atoms with E-state index in [0.717, 1.165) is 16.3 Å². The van der Waals surface area contributed by atoms with Gasteiger partial charge in [-0.3, -0.25) is 4.79 Å². The molecular weight excluding hydrogens is 444 g/mol. The van der Waals surface area contributed by atoms with Gasteiger partial charge in [0.1, 0.15) is 6.10 Å². The minimum absolute atomic E-state index is 0.219. The van der Waals surface area contributed by atoms with Crippen LogP contribution in [-0.4, -0.2) is 61.9 Å². The molecule has 2 saturated carbocycles. The van der Waals surface area contributed by atoms with E-state index in [1.165, 1.54) is 0 Å². The van der Waals surface area contributed by atoms with Crippen molar-refractivity contribution in [3.63, 3.8) is 0 Å². The van der Waals surface area contributed by atoms with Crippen LogP contribution in [0.3, 0.4) is 0 Å². The standard InChI is InChI=1S/C26H24N6O3/c1-27-23-19-24(31-18(30-23)11-10-15-8-5-7-14-6-3-4-9-16(14)15)32(13-29-19)20-17-12-26(17,25(35)28-2)22(34)21(20)33/h3-9,13,17,20-22,33-34H,12H2,1-2H3,(H,28,35)(H,27,30,31)/t17?,20-,21?,22+,26-/m1/s1. The smallest absolute Gasteiger partial charge is 0.229 e. The minimum atomic E-state index is -1.16. The normalized spacial score (nSPS) is 26.7. The molecule has 2 aromatic heterocycles. The molecule has 0 aliphatic heterocycles. The number of rotatable bonds is 3. The Balaban J connectivity index is 1.44. The summed E-state index contributed by atoms with van der Waals surface area (Å²) in [5, 5.41) is 29.4. The van der Waals surface area contributed by atoms with Crippen LogP contribution in [0.15, 0.2) is 48.8 Å². The number of anilines is 1. The Bertz CT molecular complexity index is 1550. The van der Waals surface area contributed by atoms with Crippen molar-refractivity contribution in [2.45, 2.75) is 24.7 Å². The predicted molar refractivity (Wildman–Crippen MR) is 130 cm³/mol. The lowest BCUT2D eigenvalue weighted by molar-refractivity contribution is -0.132. The molecule has 0 saturated heterocycles. The number of carbonyl (C=O) groups excluding carboxylic acids is 1. The van der Waals surface area contributed by atoms with Gasteiger partial charge in [-0.25, -0.2) is 15.0 Å². The second-order valence-corrected chi connectivity index (χ2v) is 9.10. The Morgan fingerprint density at radius 1 is 1.11 bits per heavy atom. The molecule has 6 rings (SSSR count). The summed E-state index contributed by atoms with van der Waals surface area (Å²) in [6.07, 6.45) is -0.207. The van der Waals surface area contributed by atoms with Crippen molar-refractivity contribution < 1.29 is 15.0 Å². The first-order valence-electron chi connectivity index (χ1n) is 11.5. The number of carbonyl (C=O) groups is 1. The highest BCUT2D eigenvalue weighted by atomic mass is 16.3. The number of hydrogen-bond donors (Lipinski definition) is 4. The van der Waals surface area contributed by atoms with Crippen LogP contribution in [0.4, 0.5) is 5.82 Å². The number of hydrogen-bond acceptors (Lipinski definition) is 7. The highest BCUT2D eigenvalue weighted by Crippen LogP contribution is 2.67. The van der Waals surface area contributed by atoms with Gasteiger partial charge in [0.2, 0.25) is 11.7 Å². The molecule has 2 aliphatic carbocycles. The third-order valence-electron chi connectivity index (χ3n) is 7.40. The summed E-state index contributed by atoms with van der Waals surface area (Å²) in [5.41, 5.74) is 0.907. The van der Waals surface area contributed by atoms with Crippen LogP contribution < -0.4 is 10.6 Å². The number of aromatic nitrogens is 4. The Labute approximate surface area is 201 Å². The number of imidazole rings is 1. The number of benzene rings is 2. The third-order valence-corrected chi connectivity index (χ3v) is 7.40. The van der Waals surface area contributed by atoms with Gasteiger partial charge in [0, 0.05) is 25.6 Å². The maximum Gasteiger partial charge on any atom is 0.229 e. The molecule has 4 N–H and O–H groups in total. The summed E-state index contributed by atoms with van der Waals surface area (Å²) in [4.78, 5) is 26.2. The van der Waals surface area contributed by atoms with Gasteiger partial charge in [-0.1, -0.05) is 42.3 Å². The van der Waals surface area contributed by atoms with Gasteiger partial charge in [0.25, 0.3) is 0 Å². The predicted octanol–water partition coefficient (Wildman–Crippen LogP) is 1.45. The summed E-state index contributed by atoms with van der Waals surface area (Å²) in [5.74, 6) is 6.60. The zero-order chi connectivity index (χ0) is 24.3. The van der Waals surface area contributed by atoms with E-state index in [-0.39, 0.29) is 11.8 Å². The van der Waals surface area contributed by atoms with E-state index in [1.54, 1.807) is 25.0 Å². The van der Waals surface area contributed by atoms with E-state index < -0.39 is 23.7 Å². The molecule has 176 valence electrons. The molecule has 5 atom stereocenters. The molecule has 2 unspecified atom stereocenters. The number of nitrogens with one attached hydrogen (secondary N) is 2. The molecule has 0 spiro atoms. The van der Waals surface area contributed by atoms with Gasteiger partial charge in [-0.05, 0) is 29.2 Å². The zero-order valence-electron chi connectivity index (χ0n) is 19.2. The molecular formula is C26H24N6O3. The second-order valence-electron chi connectivity index (χ2n) is 9.10. The van der Waals surface area contributed by atoms with Crippen molar-refractivity contribution in [2.24, 2.45) is 11.3 Å². The molecule has 1 amide bonds. The molecule has 0 bridgehead atoms. The number of aliphatic hydroxyl groups excluding tert-OH is 2. The van der Waals surface area contributed by atoms with Gasteiger partial charge in [-0.15, -0.1) is 0 Å². The first-order valence-corrected chi connectivity index (χ1v) is 11.5. The van der Waals surface area contributed by atoms with Gasteiger partial charge in [0.15, 0.2) is 17.0 Å². The minimum Gasteiger partial charge on any atom is -0.389 e. The van der Waals surface area contributed by atoms with E-state index >= 15 is 0 Å². The zero-order valence-corrected chi connectivity index (χ0v) is 19.2. The Morgan fingerprint density at radius 2 is 1.91 bits per heavy atom. The maximum atomic E-state index is 12.5. The average Bonchev–Trinajstić information content (AvgIpc) is 3.43. The van der Waals surface area contributed by atoms with Crippen LogP contribution in [0.2, 0.25) is 0 Å². The lowest BCUT2D eigenvalue weighted by Gasteiger charge is -2.23. The van der Waals surface area contributed by atoms with E-state index in [4.69, 9.17) is 0 Å². The van der Waals surface area contributed by atoms with Crippen LogP contribution >= 0.6 is 0 Å².